The fourth-order valence-corrected chi connectivity index (χ4v) is 3.84. The van der Waals surface area contributed by atoms with Crippen molar-refractivity contribution in [3.8, 4) is 0 Å². The van der Waals surface area contributed by atoms with Gasteiger partial charge in [-0.3, -0.25) is 9.69 Å². The predicted octanol–water partition coefficient (Wildman–Crippen LogP) is 1.55. The van der Waals surface area contributed by atoms with Crippen LogP contribution in [0.3, 0.4) is 0 Å². The second kappa shape index (κ2) is 9.40. The number of amides is 1. The largest absolute Gasteiger partial charge is 0.362 e. The van der Waals surface area contributed by atoms with E-state index in [9.17, 15) is 4.79 Å². The summed E-state index contributed by atoms with van der Waals surface area (Å²) in [4.78, 5) is 17.6. The topological polar surface area (TPSA) is 47.6 Å². The molecule has 5 nitrogen and oxygen atoms in total. The van der Waals surface area contributed by atoms with Crippen LogP contribution >= 0.6 is 24.0 Å². The summed E-state index contributed by atoms with van der Waals surface area (Å²) in [5, 5.41) is 7.23. The van der Waals surface area contributed by atoms with E-state index in [4.69, 9.17) is 12.2 Å². The molecule has 7 heteroatoms. The molecular formula is C18H26N4OS2. The predicted molar refractivity (Wildman–Crippen MR) is 107 cm³/mol. The lowest BCUT2D eigenvalue weighted by Crippen LogP contribution is -2.53. The van der Waals surface area contributed by atoms with Crippen LogP contribution in [0.4, 0.5) is 0 Å². The maximum atomic E-state index is 11.9. The van der Waals surface area contributed by atoms with E-state index < -0.39 is 0 Å². The summed E-state index contributed by atoms with van der Waals surface area (Å²) in [5.41, 5.74) is 0. The van der Waals surface area contributed by atoms with E-state index in [0.717, 1.165) is 56.4 Å². The van der Waals surface area contributed by atoms with Crippen LogP contribution in [0.25, 0.3) is 0 Å². The third kappa shape index (κ3) is 6.49. The molecule has 136 valence electrons. The molecule has 0 aromatic heterocycles. The van der Waals surface area contributed by atoms with Crippen molar-refractivity contribution >= 4 is 35.0 Å². The molecule has 1 heterocycles. The number of thioether (sulfide) groups is 1. The molecule has 1 saturated carbocycles. The first-order chi connectivity index (χ1) is 12.2. The smallest absolute Gasteiger partial charge is 0.234 e. The normalized spacial score (nSPS) is 18.0. The molecular weight excluding hydrogens is 352 g/mol. The van der Waals surface area contributed by atoms with E-state index in [1.54, 1.807) is 0 Å². The van der Waals surface area contributed by atoms with E-state index in [2.05, 4.69) is 44.7 Å². The van der Waals surface area contributed by atoms with Gasteiger partial charge < -0.3 is 15.5 Å². The number of rotatable bonds is 7. The number of nitrogens with zero attached hydrogens (tertiary/aromatic N) is 2. The molecule has 3 rings (SSSR count). The molecule has 2 N–H and O–H groups in total. The lowest BCUT2D eigenvalue weighted by molar-refractivity contribution is -0.122. The Morgan fingerprint density at radius 2 is 1.88 bits per heavy atom. The molecule has 1 aliphatic carbocycles. The first-order valence-corrected chi connectivity index (χ1v) is 10.3. The van der Waals surface area contributed by atoms with Crippen LogP contribution in [0, 0.1) is 0 Å². The Bertz CT molecular complexity index is 572. The average molecular weight is 379 g/mol. The van der Waals surface area contributed by atoms with Crippen LogP contribution < -0.4 is 10.6 Å². The van der Waals surface area contributed by atoms with Crippen molar-refractivity contribution in [2.75, 3.05) is 45.0 Å². The summed E-state index contributed by atoms with van der Waals surface area (Å²) >= 11 is 7.34. The molecule has 2 fully saturated rings. The van der Waals surface area contributed by atoms with Crippen molar-refractivity contribution in [2.24, 2.45) is 0 Å². The van der Waals surface area contributed by atoms with Gasteiger partial charge in [0.15, 0.2) is 5.11 Å². The zero-order chi connectivity index (χ0) is 17.5. The van der Waals surface area contributed by atoms with Crippen LogP contribution in [0.15, 0.2) is 35.2 Å². The highest BCUT2D eigenvalue weighted by Crippen LogP contribution is 2.18. The first kappa shape index (κ1) is 18.5. The van der Waals surface area contributed by atoms with Gasteiger partial charge in [-0.15, -0.1) is 11.8 Å². The quantitative estimate of drug-likeness (QED) is 0.427. The van der Waals surface area contributed by atoms with Gasteiger partial charge in [0.25, 0.3) is 0 Å². The number of thiocarbonyl (C=S) groups is 1. The number of piperazine rings is 1. The van der Waals surface area contributed by atoms with E-state index in [-0.39, 0.29) is 5.91 Å². The second-order valence-electron chi connectivity index (χ2n) is 6.50. The van der Waals surface area contributed by atoms with Crippen LogP contribution in [-0.4, -0.2) is 71.9 Å². The molecule has 0 bridgehead atoms. The fraction of sp³-hybridized carbons (Fsp3) is 0.556. The number of hydrogen-bond donors (Lipinski definition) is 2. The summed E-state index contributed by atoms with van der Waals surface area (Å²) in [6.45, 7) is 4.92. The highest BCUT2D eigenvalue weighted by molar-refractivity contribution is 7.99. The summed E-state index contributed by atoms with van der Waals surface area (Å²) in [5.74, 6) is 1.15. The first-order valence-electron chi connectivity index (χ1n) is 8.93. The second-order valence-corrected chi connectivity index (χ2v) is 8.05. The van der Waals surface area contributed by atoms with E-state index >= 15 is 0 Å². The molecule has 1 aromatic carbocycles. The summed E-state index contributed by atoms with van der Waals surface area (Å²) in [7, 11) is 0. The molecule has 0 unspecified atom stereocenters. The molecule has 0 atom stereocenters. The maximum Gasteiger partial charge on any atom is 0.234 e. The van der Waals surface area contributed by atoms with Gasteiger partial charge in [0.05, 0.1) is 6.54 Å². The molecule has 0 spiro atoms. The molecule has 25 heavy (non-hydrogen) atoms. The molecule has 1 aliphatic heterocycles. The molecule has 1 saturated heterocycles. The van der Waals surface area contributed by atoms with Crippen LogP contribution in [0.5, 0.6) is 0 Å². The number of nitrogens with one attached hydrogen (secondary N) is 2. The minimum Gasteiger partial charge on any atom is -0.362 e. The number of carbonyl (C=O) groups is 1. The van der Waals surface area contributed by atoms with Gasteiger partial charge in [-0.2, -0.15) is 0 Å². The van der Waals surface area contributed by atoms with E-state index in [1.165, 1.54) is 4.90 Å². The number of benzene rings is 1. The summed E-state index contributed by atoms with van der Waals surface area (Å²) in [6, 6.07) is 10.9. The van der Waals surface area contributed by atoms with Crippen LogP contribution in [0.2, 0.25) is 0 Å². The minimum absolute atomic E-state index is 0.162. The van der Waals surface area contributed by atoms with E-state index in [0.29, 0.717) is 12.6 Å². The third-order valence-electron chi connectivity index (χ3n) is 4.36. The molecule has 0 radical (unpaired) electrons. The number of hydrogen-bond acceptors (Lipinski definition) is 4. The molecule has 2 aliphatic rings. The standard InChI is InChI=1S/C18H26N4OS2/c23-17(20-15-6-7-15)14-21-9-11-22(12-10-21)18(24)19-8-13-25-16-4-2-1-3-5-16/h1-5,15H,6-14H2,(H,19,24)(H,20,23). The van der Waals surface area contributed by atoms with Crippen molar-refractivity contribution in [2.45, 2.75) is 23.8 Å². The van der Waals surface area contributed by atoms with Gasteiger partial charge in [0.1, 0.15) is 0 Å². The third-order valence-corrected chi connectivity index (χ3v) is 5.78. The lowest BCUT2D eigenvalue weighted by Gasteiger charge is -2.35. The Hall–Kier alpha value is -1.31. The van der Waals surface area contributed by atoms with Crippen molar-refractivity contribution in [1.82, 2.24) is 20.4 Å². The van der Waals surface area contributed by atoms with Crippen molar-refractivity contribution in [3.63, 3.8) is 0 Å². The Kier molecular flexibility index (Phi) is 6.95. The van der Waals surface area contributed by atoms with Gasteiger partial charge in [0, 0.05) is 49.4 Å². The number of carbonyl (C=O) groups excluding carboxylic acids is 1. The van der Waals surface area contributed by atoms with Crippen LogP contribution in [0.1, 0.15) is 12.8 Å². The van der Waals surface area contributed by atoms with Gasteiger partial charge in [-0.1, -0.05) is 18.2 Å². The Balaban J connectivity index is 1.28. The average Bonchev–Trinajstić information content (AvgIpc) is 3.44. The van der Waals surface area contributed by atoms with Crippen molar-refractivity contribution in [3.05, 3.63) is 30.3 Å². The van der Waals surface area contributed by atoms with Crippen molar-refractivity contribution < 1.29 is 4.79 Å². The Morgan fingerprint density at radius 1 is 1.16 bits per heavy atom. The monoisotopic (exact) mass is 378 g/mol. The minimum atomic E-state index is 0.162. The zero-order valence-electron chi connectivity index (χ0n) is 14.4. The molecule has 1 amide bonds. The van der Waals surface area contributed by atoms with Gasteiger partial charge in [-0.25, -0.2) is 0 Å². The highest BCUT2D eigenvalue weighted by atomic mass is 32.2. The fourth-order valence-electron chi connectivity index (χ4n) is 2.77. The van der Waals surface area contributed by atoms with E-state index in [1.807, 2.05) is 17.8 Å². The van der Waals surface area contributed by atoms with Crippen LogP contribution in [-0.2, 0) is 4.79 Å². The van der Waals surface area contributed by atoms with Gasteiger partial charge in [0.2, 0.25) is 5.91 Å². The maximum absolute atomic E-state index is 11.9. The van der Waals surface area contributed by atoms with Gasteiger partial charge >= 0.3 is 0 Å². The van der Waals surface area contributed by atoms with Crippen molar-refractivity contribution in [1.29, 1.82) is 0 Å². The van der Waals surface area contributed by atoms with Gasteiger partial charge in [-0.05, 0) is 37.2 Å². The zero-order valence-corrected chi connectivity index (χ0v) is 16.1. The molecule has 1 aromatic rings. The summed E-state index contributed by atoms with van der Waals surface area (Å²) < 4.78 is 0. The SMILES string of the molecule is O=C(CN1CCN(C(=S)NCCSc2ccccc2)CC1)NC1CC1. The Morgan fingerprint density at radius 3 is 2.56 bits per heavy atom. The lowest BCUT2D eigenvalue weighted by atomic mass is 10.3. The highest BCUT2D eigenvalue weighted by Gasteiger charge is 2.25. The summed E-state index contributed by atoms with van der Waals surface area (Å²) in [6.07, 6.45) is 2.28. The Labute approximate surface area is 159 Å².